The lowest BCUT2D eigenvalue weighted by Crippen LogP contribution is -2.41. The highest BCUT2D eigenvalue weighted by Crippen LogP contribution is 2.29. The van der Waals surface area contributed by atoms with Crippen LogP contribution in [0.1, 0.15) is 44.9 Å². The zero-order chi connectivity index (χ0) is 19.1. The van der Waals surface area contributed by atoms with E-state index in [1.165, 1.54) is 17.0 Å². The molecule has 0 saturated carbocycles. The van der Waals surface area contributed by atoms with Crippen LogP contribution in [0.25, 0.3) is 0 Å². The molecule has 2 aromatic rings. The molecule has 0 aliphatic carbocycles. The van der Waals surface area contributed by atoms with E-state index in [2.05, 4.69) is 10.5 Å². The second-order valence-corrected chi connectivity index (χ2v) is 7.57. The summed E-state index contributed by atoms with van der Waals surface area (Å²) in [6, 6.07) is 5.40. The third kappa shape index (κ3) is 3.47. The van der Waals surface area contributed by atoms with Crippen LogP contribution in [0, 0.1) is 12.7 Å². The molecule has 0 radical (unpaired) electrons. The maximum Gasteiger partial charge on any atom is 0.249 e. The van der Waals surface area contributed by atoms with Gasteiger partial charge in [0.05, 0.1) is 5.69 Å². The molecule has 1 aromatic heterocycles. The highest BCUT2D eigenvalue weighted by molar-refractivity contribution is 6.07. The highest BCUT2D eigenvalue weighted by Gasteiger charge is 2.37. The van der Waals surface area contributed by atoms with E-state index in [0.29, 0.717) is 17.7 Å². The first-order valence-electron chi connectivity index (χ1n) is 8.53. The van der Waals surface area contributed by atoms with Gasteiger partial charge in [-0.2, -0.15) is 0 Å². The van der Waals surface area contributed by atoms with Crippen LogP contribution < -0.4 is 10.2 Å². The molecular formula is C19H22FN3O3. The second-order valence-electron chi connectivity index (χ2n) is 7.57. The van der Waals surface area contributed by atoms with Gasteiger partial charge in [-0.15, -0.1) is 0 Å². The van der Waals surface area contributed by atoms with Gasteiger partial charge in [-0.1, -0.05) is 25.9 Å². The van der Waals surface area contributed by atoms with Gasteiger partial charge in [0.25, 0.3) is 0 Å². The molecule has 6 nitrogen and oxygen atoms in total. The first-order chi connectivity index (χ1) is 12.2. The number of carbonyl (C=O) groups excluding carboxylic acids is 2. The van der Waals surface area contributed by atoms with Crippen molar-refractivity contribution in [2.45, 2.75) is 52.0 Å². The molecule has 0 unspecified atom stereocenters. The largest absolute Gasteiger partial charge is 0.338 e. The third-order valence-corrected chi connectivity index (χ3v) is 4.46. The first kappa shape index (κ1) is 18.1. The lowest BCUT2D eigenvalue weighted by Gasteiger charge is -2.24. The van der Waals surface area contributed by atoms with Crippen LogP contribution in [0.5, 0.6) is 0 Å². The molecule has 138 valence electrons. The maximum absolute atomic E-state index is 13.5. The van der Waals surface area contributed by atoms with E-state index in [9.17, 15) is 14.0 Å². The number of halogens is 1. The number of hydrogen-bond donors (Lipinski definition) is 1. The Morgan fingerprint density at radius 3 is 2.69 bits per heavy atom. The van der Waals surface area contributed by atoms with Crippen molar-refractivity contribution >= 4 is 23.4 Å². The van der Waals surface area contributed by atoms with Crippen molar-refractivity contribution in [3.05, 3.63) is 41.3 Å². The lowest BCUT2D eigenvalue weighted by atomic mass is 9.92. The van der Waals surface area contributed by atoms with Crippen molar-refractivity contribution in [2.75, 3.05) is 10.2 Å². The second kappa shape index (κ2) is 6.55. The van der Waals surface area contributed by atoms with Crippen LogP contribution in [0.15, 0.2) is 28.8 Å². The number of nitrogens with one attached hydrogen (secondary N) is 1. The molecule has 2 amide bonds. The zero-order valence-corrected chi connectivity index (χ0v) is 15.3. The van der Waals surface area contributed by atoms with Crippen molar-refractivity contribution in [2.24, 2.45) is 0 Å². The summed E-state index contributed by atoms with van der Waals surface area (Å²) >= 11 is 0. The van der Waals surface area contributed by atoms with Crippen LogP contribution in [0.3, 0.4) is 0 Å². The van der Waals surface area contributed by atoms with Crippen LogP contribution in [0.4, 0.5) is 16.0 Å². The molecule has 1 aromatic carbocycles. The Kier molecular flexibility index (Phi) is 4.56. The van der Waals surface area contributed by atoms with Gasteiger partial charge in [0.1, 0.15) is 11.9 Å². The average molecular weight is 359 g/mol. The number of aryl methyl sites for hydroxylation is 1. The van der Waals surface area contributed by atoms with Gasteiger partial charge >= 0.3 is 0 Å². The summed E-state index contributed by atoms with van der Waals surface area (Å²) in [5.41, 5.74) is 1.46. The summed E-state index contributed by atoms with van der Waals surface area (Å²) in [5, 5.41) is 6.66. The van der Waals surface area contributed by atoms with Crippen LogP contribution in [-0.4, -0.2) is 23.0 Å². The normalized spacial score (nSPS) is 17.7. The predicted molar refractivity (Wildman–Crippen MR) is 95.5 cm³/mol. The Balaban J connectivity index is 1.80. The summed E-state index contributed by atoms with van der Waals surface area (Å²) in [7, 11) is 0. The Morgan fingerprint density at radius 1 is 1.35 bits per heavy atom. The van der Waals surface area contributed by atoms with Crippen molar-refractivity contribution in [1.29, 1.82) is 0 Å². The Morgan fingerprint density at radius 2 is 2.08 bits per heavy atom. The SMILES string of the molecule is Cc1cc(N2C(=O)CC[C@H]2C(=O)Nc2cc(C(C)(C)C)no2)ccc1F. The molecule has 1 fully saturated rings. The first-order valence-corrected chi connectivity index (χ1v) is 8.53. The van der Waals surface area contributed by atoms with E-state index in [4.69, 9.17) is 4.52 Å². The van der Waals surface area contributed by atoms with Crippen molar-refractivity contribution < 1.29 is 18.5 Å². The van der Waals surface area contributed by atoms with Crippen LogP contribution in [-0.2, 0) is 15.0 Å². The number of carbonyl (C=O) groups is 2. The van der Waals surface area contributed by atoms with Gasteiger partial charge in [0.15, 0.2) is 0 Å². The van der Waals surface area contributed by atoms with E-state index >= 15 is 0 Å². The topological polar surface area (TPSA) is 75.4 Å². The van der Waals surface area contributed by atoms with Gasteiger partial charge in [0.2, 0.25) is 17.7 Å². The number of aromatic nitrogens is 1. The fraction of sp³-hybridized carbons (Fsp3) is 0.421. The van der Waals surface area contributed by atoms with Gasteiger partial charge in [-0.3, -0.25) is 19.8 Å². The highest BCUT2D eigenvalue weighted by atomic mass is 19.1. The predicted octanol–water partition coefficient (Wildman–Crippen LogP) is 3.55. The molecule has 1 N–H and O–H groups in total. The molecule has 1 aliphatic heterocycles. The minimum absolute atomic E-state index is 0.163. The molecule has 0 spiro atoms. The van der Waals surface area contributed by atoms with Crippen LogP contribution in [0.2, 0.25) is 0 Å². The van der Waals surface area contributed by atoms with Crippen LogP contribution >= 0.6 is 0 Å². The Labute approximate surface area is 151 Å². The Hall–Kier alpha value is -2.70. The van der Waals surface area contributed by atoms with Crippen molar-refractivity contribution in [3.8, 4) is 0 Å². The average Bonchev–Trinajstić information content (AvgIpc) is 3.16. The minimum atomic E-state index is -0.671. The van der Waals surface area contributed by atoms with E-state index in [-0.39, 0.29) is 35.4 Å². The summed E-state index contributed by atoms with van der Waals surface area (Å²) in [6.45, 7) is 7.59. The van der Waals surface area contributed by atoms with E-state index in [1.54, 1.807) is 19.1 Å². The molecule has 7 heteroatoms. The van der Waals surface area contributed by atoms with E-state index in [0.717, 1.165) is 5.69 Å². The summed E-state index contributed by atoms with van der Waals surface area (Å²) in [5.74, 6) is -0.620. The molecule has 0 bridgehead atoms. The number of rotatable bonds is 3. The fourth-order valence-corrected chi connectivity index (χ4v) is 2.93. The number of nitrogens with zero attached hydrogens (tertiary/aromatic N) is 2. The molecule has 3 rings (SSSR count). The quantitative estimate of drug-likeness (QED) is 0.909. The summed E-state index contributed by atoms with van der Waals surface area (Å²) in [6.07, 6.45) is 0.652. The molecular weight excluding hydrogens is 337 g/mol. The lowest BCUT2D eigenvalue weighted by molar-refractivity contribution is -0.120. The summed E-state index contributed by atoms with van der Waals surface area (Å²) in [4.78, 5) is 26.4. The summed E-state index contributed by atoms with van der Waals surface area (Å²) < 4.78 is 18.7. The van der Waals surface area contributed by atoms with E-state index < -0.39 is 6.04 Å². The molecule has 1 saturated heterocycles. The number of amides is 2. The molecule has 1 aliphatic rings. The smallest absolute Gasteiger partial charge is 0.249 e. The Bertz CT molecular complexity index is 854. The van der Waals surface area contributed by atoms with Crippen molar-refractivity contribution in [1.82, 2.24) is 5.16 Å². The monoisotopic (exact) mass is 359 g/mol. The van der Waals surface area contributed by atoms with Gasteiger partial charge < -0.3 is 4.52 Å². The number of hydrogen-bond acceptors (Lipinski definition) is 4. The zero-order valence-electron chi connectivity index (χ0n) is 15.3. The van der Waals surface area contributed by atoms with Gasteiger partial charge in [-0.05, 0) is 37.1 Å². The van der Waals surface area contributed by atoms with Gasteiger partial charge in [-0.25, -0.2) is 4.39 Å². The molecule has 2 heterocycles. The minimum Gasteiger partial charge on any atom is -0.338 e. The van der Waals surface area contributed by atoms with Crippen molar-refractivity contribution in [3.63, 3.8) is 0 Å². The fourth-order valence-electron chi connectivity index (χ4n) is 2.93. The number of anilines is 2. The maximum atomic E-state index is 13.5. The third-order valence-electron chi connectivity index (χ3n) is 4.46. The molecule has 26 heavy (non-hydrogen) atoms. The molecule has 1 atom stereocenters. The van der Waals surface area contributed by atoms with E-state index in [1.807, 2.05) is 20.8 Å². The standard InChI is InChI=1S/C19H22FN3O3/c1-11-9-12(5-6-13(11)20)23-14(7-8-17(23)24)18(25)21-16-10-15(22-26-16)19(2,3)4/h5-6,9-10,14H,7-8H2,1-4H3,(H,21,25)/t14-/m0/s1. The number of benzene rings is 1. The van der Waals surface area contributed by atoms with Gasteiger partial charge in [0, 0.05) is 23.6 Å².